The first-order chi connectivity index (χ1) is 16.8. The summed E-state index contributed by atoms with van der Waals surface area (Å²) in [5.74, 6) is -2.95. The van der Waals surface area contributed by atoms with E-state index in [2.05, 4.69) is 30.6 Å². The number of anilines is 2. The summed E-state index contributed by atoms with van der Waals surface area (Å²) in [5.41, 5.74) is 2.44. The highest BCUT2D eigenvalue weighted by atomic mass is 19.4. The second kappa shape index (κ2) is 12.0. The number of aryl methyl sites for hydroxylation is 1. The number of aliphatic carboxylic acids is 1. The summed E-state index contributed by atoms with van der Waals surface area (Å²) in [6.07, 6.45) is -4.46. The molecule has 0 aliphatic rings. The molecule has 1 amide bonds. The zero-order valence-electron chi connectivity index (χ0n) is 19.8. The van der Waals surface area contributed by atoms with E-state index in [0.717, 1.165) is 16.5 Å². The number of alkyl halides is 3. The maximum Gasteiger partial charge on any atom is 0.490 e. The van der Waals surface area contributed by atoms with Crippen LogP contribution < -0.4 is 10.6 Å². The number of halogens is 4. The van der Waals surface area contributed by atoms with Gasteiger partial charge in [-0.25, -0.2) is 9.18 Å². The van der Waals surface area contributed by atoms with Crippen LogP contribution in [0.1, 0.15) is 31.4 Å². The zero-order chi connectivity index (χ0) is 27.0. The van der Waals surface area contributed by atoms with Crippen LogP contribution in [0.4, 0.5) is 28.9 Å². The summed E-state index contributed by atoms with van der Waals surface area (Å²) >= 11 is 0. The van der Waals surface area contributed by atoms with Gasteiger partial charge in [0.25, 0.3) is 0 Å². The van der Waals surface area contributed by atoms with E-state index >= 15 is 0 Å². The molecule has 1 atom stereocenters. The first kappa shape index (κ1) is 28.1. The number of benzene rings is 3. The average Bonchev–Trinajstić information content (AvgIpc) is 2.80. The van der Waals surface area contributed by atoms with E-state index < -0.39 is 18.2 Å². The Morgan fingerprint density at radius 1 is 1.06 bits per heavy atom. The number of carboxylic acids is 1. The lowest BCUT2D eigenvalue weighted by molar-refractivity contribution is -0.192. The van der Waals surface area contributed by atoms with E-state index in [9.17, 15) is 27.6 Å². The average molecular weight is 503 g/mol. The molecule has 0 aromatic heterocycles. The van der Waals surface area contributed by atoms with Crippen molar-refractivity contribution in [3.05, 3.63) is 71.5 Å². The van der Waals surface area contributed by atoms with Crippen molar-refractivity contribution < 1.29 is 32.3 Å². The second-order valence-corrected chi connectivity index (χ2v) is 8.40. The van der Waals surface area contributed by atoms with Gasteiger partial charge in [0.05, 0.1) is 11.6 Å². The van der Waals surface area contributed by atoms with Crippen molar-refractivity contribution in [2.75, 3.05) is 10.6 Å². The van der Waals surface area contributed by atoms with Gasteiger partial charge in [-0.3, -0.25) is 4.79 Å². The maximum atomic E-state index is 13.5. The first-order valence-corrected chi connectivity index (χ1v) is 10.9. The molecule has 0 spiro atoms. The van der Waals surface area contributed by atoms with Crippen molar-refractivity contribution in [3.8, 4) is 6.07 Å². The predicted octanol–water partition coefficient (Wildman–Crippen LogP) is 6.26. The minimum atomic E-state index is -5.08. The van der Waals surface area contributed by atoms with E-state index in [1.807, 2.05) is 30.3 Å². The van der Waals surface area contributed by atoms with Gasteiger partial charge in [-0.05, 0) is 55.2 Å². The summed E-state index contributed by atoms with van der Waals surface area (Å²) in [6.45, 7) is 5.78. The number of nitrogens with one attached hydrogen (secondary N) is 2. The van der Waals surface area contributed by atoms with E-state index in [0.29, 0.717) is 23.2 Å². The number of nitrogens with zero attached hydrogens (tertiary/aromatic N) is 1. The number of fused-ring (bicyclic) bond motifs is 1. The summed E-state index contributed by atoms with van der Waals surface area (Å²) in [6, 6.07) is 17.5. The van der Waals surface area contributed by atoms with Crippen molar-refractivity contribution in [1.29, 1.82) is 5.26 Å². The molecule has 3 aromatic carbocycles. The van der Waals surface area contributed by atoms with Gasteiger partial charge in [0, 0.05) is 22.1 Å². The molecule has 0 unspecified atom stereocenters. The molecule has 0 fully saturated rings. The highest BCUT2D eigenvalue weighted by Gasteiger charge is 2.38. The molecule has 3 rings (SSSR count). The van der Waals surface area contributed by atoms with Crippen LogP contribution in [-0.4, -0.2) is 29.2 Å². The summed E-state index contributed by atoms with van der Waals surface area (Å²) in [7, 11) is 0. The van der Waals surface area contributed by atoms with E-state index in [4.69, 9.17) is 9.90 Å². The molecule has 0 bridgehead atoms. The van der Waals surface area contributed by atoms with Crippen molar-refractivity contribution >= 4 is 34.0 Å². The van der Waals surface area contributed by atoms with Gasteiger partial charge < -0.3 is 15.7 Å². The molecule has 3 aromatic rings. The SMILES string of the molecule is Cc1cc(NC(=O)[C@H](CC(C)C)Nc2ccc(C#N)c3ccccc23)ccc1F.O=C(O)C(F)(F)F. The third-order valence-electron chi connectivity index (χ3n) is 5.07. The van der Waals surface area contributed by atoms with Crippen LogP contribution in [0.5, 0.6) is 0 Å². The summed E-state index contributed by atoms with van der Waals surface area (Å²) in [4.78, 5) is 21.9. The number of carboxylic acid groups (broad SMARTS) is 1. The molecular formula is C26H25F4N3O3. The largest absolute Gasteiger partial charge is 0.490 e. The monoisotopic (exact) mass is 503 g/mol. The van der Waals surface area contributed by atoms with Crippen LogP contribution >= 0.6 is 0 Å². The Balaban J connectivity index is 0.000000572. The molecule has 36 heavy (non-hydrogen) atoms. The lowest BCUT2D eigenvalue weighted by atomic mass is 10.00. The molecule has 10 heteroatoms. The lowest BCUT2D eigenvalue weighted by Gasteiger charge is -2.22. The summed E-state index contributed by atoms with van der Waals surface area (Å²) < 4.78 is 45.3. The van der Waals surface area contributed by atoms with Crippen LogP contribution in [0, 0.1) is 30.0 Å². The summed E-state index contributed by atoms with van der Waals surface area (Å²) in [5, 5.41) is 24.5. The highest BCUT2D eigenvalue weighted by molar-refractivity contribution is 6.01. The maximum absolute atomic E-state index is 13.5. The fourth-order valence-electron chi connectivity index (χ4n) is 3.36. The van der Waals surface area contributed by atoms with Gasteiger partial charge in [-0.2, -0.15) is 18.4 Å². The second-order valence-electron chi connectivity index (χ2n) is 8.40. The smallest absolute Gasteiger partial charge is 0.475 e. The third-order valence-corrected chi connectivity index (χ3v) is 5.07. The van der Waals surface area contributed by atoms with Gasteiger partial charge in [-0.15, -0.1) is 0 Å². The van der Waals surface area contributed by atoms with Crippen LogP contribution in [0.15, 0.2) is 54.6 Å². The van der Waals surface area contributed by atoms with E-state index in [1.54, 1.807) is 25.1 Å². The van der Waals surface area contributed by atoms with Crippen molar-refractivity contribution in [1.82, 2.24) is 0 Å². The van der Waals surface area contributed by atoms with Gasteiger partial charge in [0.15, 0.2) is 0 Å². The standard InChI is InChI=1S/C24H24FN3O.C2HF3O2/c1-15(2)12-23(24(29)27-18-9-10-21(25)16(3)13-18)28-22-11-8-17(14-26)19-6-4-5-7-20(19)22;3-2(4,5)1(6)7/h4-11,13,15,23,28H,12H2,1-3H3,(H,27,29);(H,6,7)/t23-;/m0./s1. The van der Waals surface area contributed by atoms with Gasteiger partial charge >= 0.3 is 12.1 Å². The van der Waals surface area contributed by atoms with Gasteiger partial charge in [0.2, 0.25) is 5.91 Å². The molecular weight excluding hydrogens is 478 g/mol. The van der Waals surface area contributed by atoms with E-state index in [1.165, 1.54) is 6.07 Å². The molecule has 0 heterocycles. The Bertz CT molecular complexity index is 1280. The Hall–Kier alpha value is -4.13. The molecule has 6 nitrogen and oxygen atoms in total. The predicted molar refractivity (Wildman–Crippen MR) is 129 cm³/mol. The highest BCUT2D eigenvalue weighted by Crippen LogP contribution is 2.28. The minimum Gasteiger partial charge on any atom is -0.475 e. The Kier molecular flexibility index (Phi) is 9.38. The fourth-order valence-corrected chi connectivity index (χ4v) is 3.36. The molecule has 3 N–H and O–H groups in total. The lowest BCUT2D eigenvalue weighted by Crippen LogP contribution is -2.36. The Labute approximate surface area is 205 Å². The topological polar surface area (TPSA) is 102 Å². The number of rotatable bonds is 6. The van der Waals surface area contributed by atoms with Gasteiger partial charge in [-0.1, -0.05) is 38.1 Å². The molecule has 190 valence electrons. The van der Waals surface area contributed by atoms with Crippen LogP contribution in [0.3, 0.4) is 0 Å². The van der Waals surface area contributed by atoms with Crippen molar-refractivity contribution in [2.45, 2.75) is 39.4 Å². The van der Waals surface area contributed by atoms with Gasteiger partial charge in [0.1, 0.15) is 11.9 Å². The molecule has 0 radical (unpaired) electrons. The first-order valence-electron chi connectivity index (χ1n) is 10.9. The quantitative estimate of drug-likeness (QED) is 0.345. The molecule has 0 saturated heterocycles. The number of carbonyl (C=O) groups excluding carboxylic acids is 1. The molecule has 0 saturated carbocycles. The number of nitriles is 1. The number of hydrogen-bond acceptors (Lipinski definition) is 4. The zero-order valence-corrected chi connectivity index (χ0v) is 19.8. The normalized spacial score (nSPS) is 11.8. The fraction of sp³-hybridized carbons (Fsp3) is 0.269. The Morgan fingerprint density at radius 2 is 1.67 bits per heavy atom. The molecule has 0 aliphatic heterocycles. The Morgan fingerprint density at radius 3 is 2.19 bits per heavy atom. The minimum absolute atomic E-state index is 0.182. The van der Waals surface area contributed by atoms with Crippen LogP contribution in [0.2, 0.25) is 0 Å². The van der Waals surface area contributed by atoms with Crippen LogP contribution in [-0.2, 0) is 9.59 Å². The van der Waals surface area contributed by atoms with E-state index in [-0.39, 0.29) is 17.6 Å². The number of hydrogen-bond donors (Lipinski definition) is 3. The van der Waals surface area contributed by atoms with Crippen molar-refractivity contribution in [3.63, 3.8) is 0 Å². The van der Waals surface area contributed by atoms with Crippen LogP contribution in [0.25, 0.3) is 10.8 Å². The number of amides is 1. The van der Waals surface area contributed by atoms with Crippen molar-refractivity contribution in [2.24, 2.45) is 5.92 Å². The molecule has 0 aliphatic carbocycles. The third kappa shape index (κ3) is 7.70. The number of carbonyl (C=O) groups is 2.